The standard InChI is InChI=1S/C22H25N5O3S/c1-16-3-5-18(6-4-16)13-24-7-9-25(10-8-24)22(28)20-12-19(15-31-20)14-26-17(2)11-21(23-26)27(29)30/h3-6,11-12,15H,7-10,13-14H2,1-2H3. The van der Waals surface area contributed by atoms with Crippen molar-refractivity contribution >= 4 is 23.1 Å². The third-order valence-electron chi connectivity index (χ3n) is 5.54. The zero-order chi connectivity index (χ0) is 22.0. The largest absolute Gasteiger partial charge is 0.390 e. The smallest absolute Gasteiger partial charge is 0.358 e. The number of aromatic nitrogens is 2. The van der Waals surface area contributed by atoms with Crippen LogP contribution in [-0.2, 0) is 13.1 Å². The predicted octanol–water partition coefficient (Wildman–Crippen LogP) is 3.48. The van der Waals surface area contributed by atoms with Crippen molar-refractivity contribution in [1.29, 1.82) is 0 Å². The van der Waals surface area contributed by atoms with E-state index in [4.69, 9.17) is 0 Å². The van der Waals surface area contributed by atoms with Gasteiger partial charge in [0, 0.05) is 32.7 Å². The third-order valence-corrected chi connectivity index (χ3v) is 6.51. The summed E-state index contributed by atoms with van der Waals surface area (Å²) < 4.78 is 1.60. The summed E-state index contributed by atoms with van der Waals surface area (Å²) >= 11 is 1.41. The van der Waals surface area contributed by atoms with E-state index in [2.05, 4.69) is 41.2 Å². The average Bonchev–Trinajstić information content (AvgIpc) is 3.37. The number of carbonyl (C=O) groups excluding carboxylic acids is 1. The molecule has 31 heavy (non-hydrogen) atoms. The number of hydrogen-bond donors (Lipinski definition) is 0. The van der Waals surface area contributed by atoms with Gasteiger partial charge in [0.05, 0.1) is 28.3 Å². The van der Waals surface area contributed by atoms with Gasteiger partial charge >= 0.3 is 5.82 Å². The number of hydrogen-bond acceptors (Lipinski definition) is 6. The Kier molecular flexibility index (Phi) is 6.15. The maximum absolute atomic E-state index is 12.9. The molecular weight excluding hydrogens is 414 g/mol. The third kappa shape index (κ3) is 5.00. The Balaban J connectivity index is 1.33. The summed E-state index contributed by atoms with van der Waals surface area (Å²) in [6.07, 6.45) is 0. The molecule has 1 amide bonds. The lowest BCUT2D eigenvalue weighted by atomic mass is 10.1. The molecule has 0 unspecified atom stereocenters. The molecule has 8 nitrogen and oxygen atoms in total. The van der Waals surface area contributed by atoms with Crippen LogP contribution in [0.25, 0.3) is 0 Å². The van der Waals surface area contributed by atoms with Crippen molar-refractivity contribution in [2.75, 3.05) is 26.2 Å². The summed E-state index contributed by atoms with van der Waals surface area (Å²) in [5, 5.41) is 16.8. The minimum atomic E-state index is -0.495. The quantitative estimate of drug-likeness (QED) is 0.434. The lowest BCUT2D eigenvalue weighted by molar-refractivity contribution is -0.389. The summed E-state index contributed by atoms with van der Waals surface area (Å²) in [4.78, 5) is 28.3. The van der Waals surface area contributed by atoms with Crippen LogP contribution in [0.4, 0.5) is 5.82 Å². The molecule has 4 rings (SSSR count). The van der Waals surface area contributed by atoms with Gasteiger partial charge in [0.25, 0.3) is 5.91 Å². The van der Waals surface area contributed by atoms with E-state index in [9.17, 15) is 14.9 Å². The number of aryl methyl sites for hydroxylation is 2. The van der Waals surface area contributed by atoms with Gasteiger partial charge in [-0.25, -0.2) is 0 Å². The summed E-state index contributed by atoms with van der Waals surface area (Å²) in [7, 11) is 0. The first-order chi connectivity index (χ1) is 14.9. The number of piperazine rings is 1. The molecule has 0 N–H and O–H groups in total. The van der Waals surface area contributed by atoms with Crippen molar-refractivity contribution in [1.82, 2.24) is 19.6 Å². The molecule has 9 heteroatoms. The highest BCUT2D eigenvalue weighted by Gasteiger charge is 2.24. The van der Waals surface area contributed by atoms with Crippen molar-refractivity contribution in [2.24, 2.45) is 0 Å². The Hall–Kier alpha value is -3.04. The predicted molar refractivity (Wildman–Crippen MR) is 119 cm³/mol. The van der Waals surface area contributed by atoms with Crippen LogP contribution >= 0.6 is 11.3 Å². The Morgan fingerprint density at radius 1 is 1.06 bits per heavy atom. The summed E-state index contributed by atoms with van der Waals surface area (Å²) in [5.41, 5.74) is 4.20. The average molecular weight is 440 g/mol. The van der Waals surface area contributed by atoms with Gasteiger partial charge in [-0.15, -0.1) is 11.3 Å². The second kappa shape index (κ2) is 8.99. The lowest BCUT2D eigenvalue weighted by Crippen LogP contribution is -2.48. The fourth-order valence-electron chi connectivity index (χ4n) is 3.70. The maximum atomic E-state index is 12.9. The van der Waals surface area contributed by atoms with Crippen LogP contribution < -0.4 is 0 Å². The molecule has 1 aromatic carbocycles. The molecule has 2 aromatic heterocycles. The summed E-state index contributed by atoms with van der Waals surface area (Å²) in [6, 6.07) is 11.9. The maximum Gasteiger partial charge on any atom is 0.390 e. The molecule has 0 aliphatic carbocycles. The van der Waals surface area contributed by atoms with Crippen LogP contribution in [0.2, 0.25) is 0 Å². The second-order valence-corrected chi connectivity index (χ2v) is 8.84. The molecule has 1 aliphatic heterocycles. The van der Waals surface area contributed by atoms with Gasteiger partial charge < -0.3 is 15.0 Å². The van der Waals surface area contributed by atoms with E-state index in [0.717, 1.165) is 30.9 Å². The number of thiophene rings is 1. The van der Waals surface area contributed by atoms with Crippen molar-refractivity contribution in [3.63, 3.8) is 0 Å². The van der Waals surface area contributed by atoms with Gasteiger partial charge in [-0.05, 0) is 41.3 Å². The van der Waals surface area contributed by atoms with Gasteiger partial charge in [0.2, 0.25) is 0 Å². The topological polar surface area (TPSA) is 84.5 Å². The van der Waals surface area contributed by atoms with Crippen LogP contribution in [0, 0.1) is 24.0 Å². The molecule has 1 fully saturated rings. The highest BCUT2D eigenvalue weighted by molar-refractivity contribution is 7.12. The van der Waals surface area contributed by atoms with Gasteiger partial charge in [-0.3, -0.25) is 9.69 Å². The SMILES string of the molecule is Cc1ccc(CN2CCN(C(=O)c3cc(Cn4nc([N+](=O)[O-])cc4C)cs3)CC2)cc1. The molecule has 1 saturated heterocycles. The molecule has 0 atom stereocenters. The highest BCUT2D eigenvalue weighted by atomic mass is 32.1. The van der Waals surface area contributed by atoms with Crippen molar-refractivity contribution < 1.29 is 9.72 Å². The zero-order valence-corrected chi connectivity index (χ0v) is 18.5. The van der Waals surface area contributed by atoms with Gasteiger partial charge in [0.1, 0.15) is 0 Å². The second-order valence-electron chi connectivity index (χ2n) is 7.93. The van der Waals surface area contributed by atoms with E-state index in [1.54, 1.807) is 11.6 Å². The molecule has 3 aromatic rings. The van der Waals surface area contributed by atoms with Crippen molar-refractivity contribution in [3.8, 4) is 0 Å². The van der Waals surface area contributed by atoms with E-state index in [-0.39, 0.29) is 11.7 Å². The highest BCUT2D eigenvalue weighted by Crippen LogP contribution is 2.21. The van der Waals surface area contributed by atoms with E-state index in [1.165, 1.54) is 28.5 Å². The number of benzene rings is 1. The first-order valence-electron chi connectivity index (χ1n) is 10.2. The van der Waals surface area contributed by atoms with Crippen molar-refractivity contribution in [3.05, 3.63) is 79.2 Å². The summed E-state index contributed by atoms with van der Waals surface area (Å²) in [6.45, 7) is 8.32. The Labute approximate surface area is 184 Å². The molecule has 0 bridgehead atoms. The minimum Gasteiger partial charge on any atom is -0.358 e. The lowest BCUT2D eigenvalue weighted by Gasteiger charge is -2.34. The Bertz CT molecular complexity index is 1080. The molecule has 162 valence electrons. The van der Waals surface area contributed by atoms with Gasteiger partial charge in [-0.2, -0.15) is 4.68 Å². The number of rotatable bonds is 6. The number of nitrogens with zero attached hydrogens (tertiary/aromatic N) is 5. The molecule has 0 saturated carbocycles. The summed E-state index contributed by atoms with van der Waals surface area (Å²) in [5.74, 6) is -0.109. The molecular formula is C22H25N5O3S. The van der Waals surface area contributed by atoms with Crippen LogP contribution in [0.15, 0.2) is 41.8 Å². The van der Waals surface area contributed by atoms with Crippen LogP contribution in [0.3, 0.4) is 0 Å². The Morgan fingerprint density at radius 3 is 2.42 bits per heavy atom. The van der Waals surface area contributed by atoms with Crippen molar-refractivity contribution in [2.45, 2.75) is 26.9 Å². The van der Waals surface area contributed by atoms with Gasteiger partial charge in [-0.1, -0.05) is 29.8 Å². The number of carbonyl (C=O) groups is 1. The normalized spacial score (nSPS) is 14.7. The zero-order valence-electron chi connectivity index (χ0n) is 17.7. The monoisotopic (exact) mass is 439 g/mol. The van der Waals surface area contributed by atoms with E-state index >= 15 is 0 Å². The first-order valence-corrected chi connectivity index (χ1v) is 11.1. The molecule has 0 spiro atoms. The number of amides is 1. The van der Waals surface area contributed by atoms with Crippen LogP contribution in [0.1, 0.15) is 32.1 Å². The van der Waals surface area contributed by atoms with Crippen LogP contribution in [-0.4, -0.2) is 56.6 Å². The van der Waals surface area contributed by atoms with E-state index in [0.29, 0.717) is 24.5 Å². The van der Waals surface area contributed by atoms with Gasteiger partial charge in [0.15, 0.2) is 0 Å². The number of nitro groups is 1. The fraction of sp³-hybridized carbons (Fsp3) is 0.364. The molecule has 0 radical (unpaired) electrons. The van der Waals surface area contributed by atoms with Crippen LogP contribution in [0.5, 0.6) is 0 Å². The minimum absolute atomic E-state index is 0.0504. The Morgan fingerprint density at radius 2 is 1.77 bits per heavy atom. The fourth-order valence-corrected chi connectivity index (χ4v) is 4.57. The molecule has 1 aliphatic rings. The van der Waals surface area contributed by atoms with E-state index in [1.807, 2.05) is 16.3 Å². The molecule has 3 heterocycles. The van der Waals surface area contributed by atoms with E-state index < -0.39 is 4.92 Å². The first kappa shape index (κ1) is 21.2.